The molecule has 1 atom stereocenters. The van der Waals surface area contributed by atoms with Gasteiger partial charge in [0, 0.05) is 0 Å². The Morgan fingerprint density at radius 2 is 1.94 bits per heavy atom. The molecular weight excluding hydrogens is 220 g/mol. The largest absolute Gasteiger partial charge is 0.280 e. The second-order valence-corrected chi connectivity index (χ2v) is 4.11. The quantitative estimate of drug-likeness (QED) is 0.803. The Labute approximate surface area is 97.2 Å². The molecule has 1 aliphatic carbocycles. The summed E-state index contributed by atoms with van der Waals surface area (Å²) in [6.45, 7) is 0. The van der Waals surface area contributed by atoms with Crippen molar-refractivity contribution in [3.8, 4) is 0 Å². The molecule has 16 heavy (non-hydrogen) atoms. The van der Waals surface area contributed by atoms with Gasteiger partial charge in [-0.2, -0.15) is 0 Å². The fourth-order valence-electron chi connectivity index (χ4n) is 2.21. The molecule has 0 radical (unpaired) electrons. The van der Waals surface area contributed by atoms with Crippen molar-refractivity contribution in [2.45, 2.75) is 6.10 Å². The van der Waals surface area contributed by atoms with E-state index in [1.165, 1.54) is 16.3 Å². The van der Waals surface area contributed by atoms with E-state index >= 15 is 0 Å². The Morgan fingerprint density at radius 3 is 2.75 bits per heavy atom. The highest BCUT2D eigenvalue weighted by Gasteiger charge is 2.17. The van der Waals surface area contributed by atoms with Gasteiger partial charge in [0.2, 0.25) is 0 Å². The van der Waals surface area contributed by atoms with Crippen molar-refractivity contribution in [1.29, 1.82) is 0 Å². The summed E-state index contributed by atoms with van der Waals surface area (Å²) < 4.78 is 15.7. The first-order valence-electron chi connectivity index (χ1n) is 5.08. The predicted octanol–water partition coefficient (Wildman–Crippen LogP) is 2.78. The Morgan fingerprint density at radius 1 is 1.12 bits per heavy atom. The smallest absolute Gasteiger partial charge is 0.142 e. The molecule has 2 aromatic carbocycles. The average molecular weight is 230 g/mol. The van der Waals surface area contributed by atoms with Gasteiger partial charge in [-0.25, -0.2) is 4.21 Å². The Balaban J connectivity index is 2.31. The highest BCUT2D eigenvalue weighted by Crippen LogP contribution is 2.34. The number of hydrogen-bond donors (Lipinski definition) is 1. The zero-order chi connectivity index (χ0) is 11.0. The third kappa shape index (κ3) is 1.40. The molecule has 3 rings (SSSR count). The standard InChI is InChI=1S/C13H10O2S/c14-16-15-12-8-7-10-4-1-3-9-5-2-6-11(12)13(9)10/h1-8,12,16H. The minimum Gasteiger partial charge on any atom is -0.280 e. The van der Waals surface area contributed by atoms with Gasteiger partial charge in [0.1, 0.15) is 18.1 Å². The third-order valence-electron chi connectivity index (χ3n) is 2.88. The third-order valence-corrected chi connectivity index (χ3v) is 3.20. The fourth-order valence-corrected chi connectivity index (χ4v) is 2.49. The predicted molar refractivity (Wildman–Crippen MR) is 66.3 cm³/mol. The Bertz CT molecular complexity index is 584. The van der Waals surface area contributed by atoms with Gasteiger partial charge in [-0.1, -0.05) is 42.5 Å². The molecule has 2 aromatic rings. The van der Waals surface area contributed by atoms with E-state index in [1.54, 1.807) is 0 Å². The van der Waals surface area contributed by atoms with Crippen LogP contribution in [0.15, 0.2) is 42.5 Å². The van der Waals surface area contributed by atoms with Crippen LogP contribution in [0.2, 0.25) is 0 Å². The monoisotopic (exact) mass is 230 g/mol. The second-order valence-electron chi connectivity index (χ2n) is 3.75. The van der Waals surface area contributed by atoms with E-state index < -0.39 is 0 Å². The van der Waals surface area contributed by atoms with Crippen LogP contribution in [0.25, 0.3) is 16.8 Å². The summed E-state index contributed by atoms with van der Waals surface area (Å²) in [6.07, 6.45) is 3.74. The molecule has 0 spiro atoms. The molecule has 0 saturated carbocycles. The van der Waals surface area contributed by atoms with Crippen LogP contribution in [0.1, 0.15) is 17.2 Å². The van der Waals surface area contributed by atoms with E-state index in [9.17, 15) is 4.21 Å². The van der Waals surface area contributed by atoms with Crippen molar-refractivity contribution < 1.29 is 8.39 Å². The van der Waals surface area contributed by atoms with E-state index in [2.05, 4.69) is 18.2 Å². The van der Waals surface area contributed by atoms with Crippen LogP contribution in [-0.2, 0) is 16.1 Å². The van der Waals surface area contributed by atoms with Gasteiger partial charge >= 0.3 is 0 Å². The molecule has 2 nitrogen and oxygen atoms in total. The van der Waals surface area contributed by atoms with Crippen molar-refractivity contribution in [2.75, 3.05) is 0 Å². The van der Waals surface area contributed by atoms with Gasteiger partial charge in [0.25, 0.3) is 0 Å². The number of thiol groups is 1. The first-order valence-corrected chi connectivity index (χ1v) is 5.81. The maximum atomic E-state index is 10.5. The van der Waals surface area contributed by atoms with Crippen molar-refractivity contribution in [3.63, 3.8) is 0 Å². The first-order chi connectivity index (χ1) is 7.90. The molecule has 3 heteroatoms. The maximum absolute atomic E-state index is 10.5. The van der Waals surface area contributed by atoms with Crippen molar-refractivity contribution in [2.24, 2.45) is 0 Å². The van der Waals surface area contributed by atoms with Crippen LogP contribution in [0, 0.1) is 0 Å². The zero-order valence-electron chi connectivity index (χ0n) is 8.46. The van der Waals surface area contributed by atoms with Crippen LogP contribution in [0.4, 0.5) is 0 Å². The van der Waals surface area contributed by atoms with E-state index in [0.717, 1.165) is 5.56 Å². The van der Waals surface area contributed by atoms with E-state index in [0.29, 0.717) is 0 Å². The lowest BCUT2D eigenvalue weighted by Crippen LogP contribution is -2.03. The average Bonchev–Trinajstić information content (AvgIpc) is 2.33. The summed E-state index contributed by atoms with van der Waals surface area (Å²) in [6, 6.07) is 12.3. The molecule has 0 bridgehead atoms. The second kappa shape index (κ2) is 3.85. The first kappa shape index (κ1) is 9.75. The molecule has 0 fully saturated rings. The number of benzene rings is 2. The normalized spacial score (nSPS) is 17.9. The zero-order valence-corrected chi connectivity index (χ0v) is 9.35. The number of rotatable bonds is 2. The van der Waals surface area contributed by atoms with Crippen molar-refractivity contribution in [1.82, 2.24) is 0 Å². The molecule has 0 saturated heterocycles. The summed E-state index contributed by atoms with van der Waals surface area (Å²) in [5, 5.41) is 2.39. The minimum atomic E-state index is -0.282. The van der Waals surface area contributed by atoms with Gasteiger partial charge in [-0.3, -0.25) is 4.18 Å². The van der Waals surface area contributed by atoms with Gasteiger partial charge in [0.05, 0.1) is 0 Å². The van der Waals surface area contributed by atoms with Crippen LogP contribution in [0.3, 0.4) is 0 Å². The fraction of sp³-hybridized carbons (Fsp3) is 0.0769. The summed E-state index contributed by atoms with van der Waals surface area (Å²) in [5.41, 5.74) is 2.27. The molecular formula is C13H10O2S. The summed E-state index contributed by atoms with van der Waals surface area (Å²) in [4.78, 5) is 0. The topological polar surface area (TPSA) is 26.3 Å². The molecule has 0 amide bonds. The number of hydrogen-bond acceptors (Lipinski definition) is 2. The summed E-state index contributed by atoms with van der Waals surface area (Å²) in [7, 11) is 0. The maximum Gasteiger partial charge on any atom is 0.142 e. The SMILES string of the molecule is O=[SH]OC1C=Cc2cccc3cccc1c23. The van der Waals surface area contributed by atoms with Crippen molar-refractivity contribution in [3.05, 3.63) is 53.6 Å². The van der Waals surface area contributed by atoms with Crippen LogP contribution >= 0.6 is 0 Å². The molecule has 0 heterocycles. The van der Waals surface area contributed by atoms with Crippen LogP contribution < -0.4 is 0 Å². The van der Waals surface area contributed by atoms with Gasteiger partial charge < -0.3 is 0 Å². The summed E-state index contributed by atoms with van der Waals surface area (Å²) in [5.74, 6) is 0. The summed E-state index contributed by atoms with van der Waals surface area (Å²) >= 11 is -0.282. The highest BCUT2D eigenvalue weighted by atomic mass is 32.2. The van der Waals surface area contributed by atoms with Gasteiger partial charge in [-0.15, -0.1) is 0 Å². The van der Waals surface area contributed by atoms with Crippen LogP contribution in [0.5, 0.6) is 0 Å². The van der Waals surface area contributed by atoms with Gasteiger partial charge in [-0.05, 0) is 28.0 Å². The lowest BCUT2D eigenvalue weighted by atomic mass is 9.92. The van der Waals surface area contributed by atoms with Crippen LogP contribution in [-0.4, -0.2) is 4.21 Å². The molecule has 0 aromatic heterocycles. The van der Waals surface area contributed by atoms with Gasteiger partial charge in [0.15, 0.2) is 0 Å². The lowest BCUT2D eigenvalue weighted by Gasteiger charge is -2.18. The molecule has 1 aliphatic rings. The van der Waals surface area contributed by atoms with E-state index in [4.69, 9.17) is 4.18 Å². The minimum absolute atomic E-state index is 0.210. The molecule has 1 unspecified atom stereocenters. The van der Waals surface area contributed by atoms with Crippen molar-refractivity contribution >= 4 is 28.8 Å². The Kier molecular flexibility index (Phi) is 2.35. The molecule has 0 N–H and O–H groups in total. The Hall–Kier alpha value is -1.45. The van der Waals surface area contributed by atoms with E-state index in [1.807, 2.05) is 30.4 Å². The molecule has 80 valence electrons. The van der Waals surface area contributed by atoms with E-state index in [-0.39, 0.29) is 18.1 Å². The highest BCUT2D eigenvalue weighted by molar-refractivity contribution is 7.60. The molecule has 0 aliphatic heterocycles. The lowest BCUT2D eigenvalue weighted by molar-refractivity contribution is 0.296.